The number of rotatable bonds is 6. The zero-order chi connectivity index (χ0) is 12.0. The SMILES string of the molecule is CCOC(=O)c1nnc(SC(C)COC)o1. The highest BCUT2D eigenvalue weighted by Gasteiger charge is 2.17. The molecule has 0 aromatic carbocycles. The van der Waals surface area contributed by atoms with Gasteiger partial charge in [0.05, 0.1) is 13.2 Å². The van der Waals surface area contributed by atoms with Crippen LogP contribution < -0.4 is 0 Å². The van der Waals surface area contributed by atoms with Gasteiger partial charge in [0.25, 0.3) is 5.22 Å². The molecule has 0 fully saturated rings. The minimum absolute atomic E-state index is 0.117. The molecule has 1 aromatic heterocycles. The number of ether oxygens (including phenoxy) is 2. The lowest BCUT2D eigenvalue weighted by molar-refractivity contribution is 0.0475. The molecular weight excluding hydrogens is 232 g/mol. The predicted molar refractivity (Wildman–Crippen MR) is 57.4 cm³/mol. The van der Waals surface area contributed by atoms with Gasteiger partial charge in [-0.25, -0.2) is 4.79 Å². The molecule has 0 radical (unpaired) electrons. The number of hydrogen-bond acceptors (Lipinski definition) is 7. The largest absolute Gasteiger partial charge is 0.459 e. The second-order valence-corrected chi connectivity index (χ2v) is 4.37. The van der Waals surface area contributed by atoms with Gasteiger partial charge in [0.15, 0.2) is 0 Å². The van der Waals surface area contributed by atoms with Crippen molar-refractivity contribution in [1.29, 1.82) is 0 Å². The highest BCUT2D eigenvalue weighted by atomic mass is 32.2. The van der Waals surface area contributed by atoms with Crippen LogP contribution in [0.3, 0.4) is 0 Å². The number of thioether (sulfide) groups is 1. The van der Waals surface area contributed by atoms with Gasteiger partial charge >= 0.3 is 11.9 Å². The van der Waals surface area contributed by atoms with Crippen LogP contribution in [0.4, 0.5) is 0 Å². The lowest BCUT2D eigenvalue weighted by Gasteiger charge is -2.04. The van der Waals surface area contributed by atoms with Gasteiger partial charge in [-0.05, 0) is 6.92 Å². The second-order valence-electron chi connectivity index (χ2n) is 2.98. The number of nitrogens with zero attached hydrogens (tertiary/aromatic N) is 2. The van der Waals surface area contributed by atoms with Crippen molar-refractivity contribution in [3.8, 4) is 0 Å². The Morgan fingerprint density at radius 2 is 2.31 bits per heavy atom. The predicted octanol–water partition coefficient (Wildman–Crippen LogP) is 1.37. The van der Waals surface area contributed by atoms with Crippen LogP contribution in [-0.2, 0) is 9.47 Å². The molecule has 0 aliphatic rings. The summed E-state index contributed by atoms with van der Waals surface area (Å²) in [5, 5.41) is 7.85. The van der Waals surface area contributed by atoms with Gasteiger partial charge in [0.1, 0.15) is 0 Å². The van der Waals surface area contributed by atoms with E-state index in [4.69, 9.17) is 13.9 Å². The standard InChI is InChI=1S/C9H14N2O4S/c1-4-14-8(12)7-10-11-9(15-7)16-6(2)5-13-3/h6H,4-5H2,1-3H3. The summed E-state index contributed by atoms with van der Waals surface area (Å²) in [7, 11) is 1.62. The van der Waals surface area contributed by atoms with E-state index in [0.29, 0.717) is 11.8 Å². The van der Waals surface area contributed by atoms with Crippen molar-refractivity contribution in [2.24, 2.45) is 0 Å². The maximum absolute atomic E-state index is 11.2. The van der Waals surface area contributed by atoms with Gasteiger partial charge in [-0.1, -0.05) is 23.8 Å². The van der Waals surface area contributed by atoms with E-state index >= 15 is 0 Å². The first-order valence-corrected chi connectivity index (χ1v) is 5.71. The molecule has 0 bridgehead atoms. The molecule has 16 heavy (non-hydrogen) atoms. The Kier molecular flexibility index (Phi) is 5.27. The topological polar surface area (TPSA) is 74.5 Å². The minimum atomic E-state index is -0.596. The number of aromatic nitrogens is 2. The van der Waals surface area contributed by atoms with Crippen molar-refractivity contribution < 1.29 is 18.7 Å². The first-order valence-electron chi connectivity index (χ1n) is 4.83. The molecule has 0 spiro atoms. The summed E-state index contributed by atoms with van der Waals surface area (Å²) < 4.78 is 14.8. The van der Waals surface area contributed by atoms with Gasteiger partial charge in [-0.2, -0.15) is 0 Å². The summed E-state index contributed by atoms with van der Waals surface area (Å²) in [4.78, 5) is 11.2. The Morgan fingerprint density at radius 1 is 1.56 bits per heavy atom. The van der Waals surface area contributed by atoms with Crippen LogP contribution in [0.25, 0.3) is 0 Å². The number of methoxy groups -OCH3 is 1. The lowest BCUT2D eigenvalue weighted by atomic mass is 10.5. The zero-order valence-corrected chi connectivity index (χ0v) is 10.2. The lowest BCUT2D eigenvalue weighted by Crippen LogP contribution is -2.05. The molecular formula is C9H14N2O4S. The molecule has 0 saturated carbocycles. The van der Waals surface area contributed by atoms with Crippen LogP contribution in [0.5, 0.6) is 0 Å². The van der Waals surface area contributed by atoms with Crippen LogP contribution >= 0.6 is 11.8 Å². The molecule has 1 heterocycles. The fourth-order valence-corrected chi connectivity index (χ4v) is 1.74. The van der Waals surface area contributed by atoms with Gasteiger partial charge in [0, 0.05) is 12.4 Å². The number of hydrogen-bond donors (Lipinski definition) is 0. The van der Waals surface area contributed by atoms with E-state index in [-0.39, 0.29) is 17.7 Å². The van der Waals surface area contributed by atoms with E-state index in [0.717, 1.165) is 0 Å². The third-order valence-corrected chi connectivity index (χ3v) is 2.46. The van der Waals surface area contributed by atoms with Crippen LogP contribution in [-0.4, -0.2) is 41.7 Å². The highest BCUT2D eigenvalue weighted by Crippen LogP contribution is 2.21. The van der Waals surface area contributed by atoms with E-state index in [1.54, 1.807) is 14.0 Å². The molecule has 0 aliphatic heterocycles. The van der Waals surface area contributed by atoms with Gasteiger partial charge < -0.3 is 13.9 Å². The quantitative estimate of drug-likeness (QED) is 0.554. The normalized spacial score (nSPS) is 12.4. The molecule has 0 saturated heterocycles. The molecule has 6 nitrogen and oxygen atoms in total. The fourth-order valence-electron chi connectivity index (χ4n) is 0.974. The second kappa shape index (κ2) is 6.49. The number of carbonyl (C=O) groups excluding carboxylic acids is 1. The smallest absolute Gasteiger partial charge is 0.396 e. The molecule has 1 rings (SSSR count). The summed E-state index contributed by atoms with van der Waals surface area (Å²) in [6, 6.07) is 0. The van der Waals surface area contributed by atoms with Crippen molar-refractivity contribution in [2.45, 2.75) is 24.3 Å². The van der Waals surface area contributed by atoms with Crippen molar-refractivity contribution in [3.05, 3.63) is 5.89 Å². The summed E-state index contributed by atoms with van der Waals surface area (Å²) in [6.45, 7) is 4.53. The first-order chi connectivity index (χ1) is 7.67. The number of carbonyl (C=O) groups is 1. The van der Waals surface area contributed by atoms with E-state index < -0.39 is 5.97 Å². The highest BCUT2D eigenvalue weighted by molar-refractivity contribution is 7.99. The Morgan fingerprint density at radius 3 is 2.94 bits per heavy atom. The molecule has 1 unspecified atom stereocenters. The average Bonchev–Trinajstić information content (AvgIpc) is 2.67. The molecule has 0 N–H and O–H groups in total. The maximum atomic E-state index is 11.2. The zero-order valence-electron chi connectivity index (χ0n) is 9.43. The average molecular weight is 246 g/mol. The van der Waals surface area contributed by atoms with Crippen molar-refractivity contribution in [2.75, 3.05) is 20.3 Å². The van der Waals surface area contributed by atoms with Crippen molar-refractivity contribution >= 4 is 17.7 Å². The summed E-state index contributed by atoms with van der Waals surface area (Å²) in [6.07, 6.45) is 0. The van der Waals surface area contributed by atoms with Gasteiger partial charge in [0.2, 0.25) is 0 Å². The number of esters is 1. The van der Waals surface area contributed by atoms with Crippen molar-refractivity contribution in [3.63, 3.8) is 0 Å². The van der Waals surface area contributed by atoms with E-state index in [1.165, 1.54) is 11.8 Å². The molecule has 90 valence electrons. The maximum Gasteiger partial charge on any atom is 0.396 e. The third-order valence-electron chi connectivity index (χ3n) is 1.56. The Labute approximate surface area is 97.7 Å². The third kappa shape index (κ3) is 3.82. The summed E-state index contributed by atoms with van der Waals surface area (Å²) >= 11 is 1.35. The van der Waals surface area contributed by atoms with Crippen LogP contribution in [0, 0.1) is 0 Å². The molecule has 1 aromatic rings. The van der Waals surface area contributed by atoms with E-state index in [9.17, 15) is 4.79 Å². The van der Waals surface area contributed by atoms with Crippen LogP contribution in [0.2, 0.25) is 0 Å². The monoisotopic (exact) mass is 246 g/mol. The molecule has 0 aliphatic carbocycles. The first kappa shape index (κ1) is 13.0. The summed E-state index contributed by atoms with van der Waals surface area (Å²) in [5.74, 6) is -0.713. The van der Waals surface area contributed by atoms with Crippen molar-refractivity contribution in [1.82, 2.24) is 10.2 Å². The van der Waals surface area contributed by atoms with E-state index in [1.807, 2.05) is 6.92 Å². The van der Waals surface area contributed by atoms with Gasteiger partial charge in [-0.15, -0.1) is 5.10 Å². The fraction of sp³-hybridized carbons (Fsp3) is 0.667. The molecule has 7 heteroatoms. The Hall–Kier alpha value is -1.08. The van der Waals surface area contributed by atoms with Crippen LogP contribution in [0.15, 0.2) is 9.64 Å². The van der Waals surface area contributed by atoms with Crippen LogP contribution in [0.1, 0.15) is 24.5 Å². The Balaban J connectivity index is 2.54. The van der Waals surface area contributed by atoms with E-state index in [2.05, 4.69) is 10.2 Å². The van der Waals surface area contributed by atoms with Gasteiger partial charge in [-0.3, -0.25) is 0 Å². The Bertz CT molecular complexity index is 342. The summed E-state index contributed by atoms with van der Waals surface area (Å²) in [5.41, 5.74) is 0. The minimum Gasteiger partial charge on any atom is -0.459 e. The molecule has 0 amide bonds. The molecule has 1 atom stereocenters.